The number of hydrogen-bond donors (Lipinski definition) is 0. The van der Waals surface area contributed by atoms with Gasteiger partial charge in [0.2, 0.25) is 0 Å². The molecule has 0 radical (unpaired) electrons. The van der Waals surface area contributed by atoms with Crippen molar-refractivity contribution in [2.75, 3.05) is 0 Å². The van der Waals surface area contributed by atoms with E-state index in [2.05, 4.69) is 32.1 Å². The van der Waals surface area contributed by atoms with Gasteiger partial charge >= 0.3 is 0 Å². The van der Waals surface area contributed by atoms with E-state index >= 15 is 0 Å². The highest BCUT2D eigenvalue weighted by molar-refractivity contribution is 5.31. The Morgan fingerprint density at radius 2 is 0.950 bits per heavy atom. The molecule has 98 valence electrons. The second kappa shape index (κ2) is 6.02. The zero-order valence-electron chi connectivity index (χ0n) is 11.0. The Labute approximate surface area is 117 Å². The number of hydrogen-bond acceptors (Lipinski definition) is 4. The lowest BCUT2D eigenvalue weighted by Gasteiger charge is -2.08. The highest BCUT2D eigenvalue weighted by atomic mass is 14.9. The van der Waals surface area contributed by atoms with E-state index in [4.69, 9.17) is 0 Å². The summed E-state index contributed by atoms with van der Waals surface area (Å²) in [5.41, 5.74) is 2.43. The Morgan fingerprint density at radius 1 is 0.550 bits per heavy atom. The van der Waals surface area contributed by atoms with Crippen molar-refractivity contribution in [3.05, 3.63) is 84.0 Å². The van der Waals surface area contributed by atoms with Crippen LogP contribution in [0.4, 0.5) is 0 Å². The van der Waals surface area contributed by atoms with Crippen molar-refractivity contribution in [1.29, 1.82) is 0 Å². The van der Waals surface area contributed by atoms with E-state index < -0.39 is 0 Å². The predicted molar refractivity (Wildman–Crippen MR) is 76.1 cm³/mol. The number of benzene rings is 1. The zero-order chi connectivity index (χ0) is 13.6. The molecular formula is C16H14N4. The molecule has 0 bridgehead atoms. The van der Waals surface area contributed by atoms with Crippen LogP contribution in [-0.4, -0.2) is 19.9 Å². The quantitative estimate of drug-likeness (QED) is 0.724. The first-order chi connectivity index (χ1) is 9.92. The summed E-state index contributed by atoms with van der Waals surface area (Å²) in [6.45, 7) is 0. The molecule has 0 fully saturated rings. The molecule has 0 spiro atoms. The van der Waals surface area contributed by atoms with Crippen LogP contribution in [0.15, 0.2) is 61.2 Å². The highest BCUT2D eigenvalue weighted by Crippen LogP contribution is 2.14. The van der Waals surface area contributed by atoms with E-state index in [1.807, 2.05) is 24.3 Å². The largest absolute Gasteiger partial charge is 0.241 e. The topological polar surface area (TPSA) is 51.6 Å². The molecule has 0 N–H and O–H groups in total. The van der Waals surface area contributed by atoms with Crippen LogP contribution in [0.2, 0.25) is 0 Å². The van der Waals surface area contributed by atoms with Crippen LogP contribution in [0.25, 0.3) is 0 Å². The molecule has 0 aliphatic rings. The minimum atomic E-state index is 0.726. The van der Waals surface area contributed by atoms with Crippen LogP contribution in [0.3, 0.4) is 0 Å². The van der Waals surface area contributed by atoms with Crippen LogP contribution in [0.5, 0.6) is 0 Å². The van der Waals surface area contributed by atoms with E-state index in [1.54, 1.807) is 24.8 Å². The molecule has 3 aromatic rings. The van der Waals surface area contributed by atoms with Gasteiger partial charge in [0, 0.05) is 37.6 Å². The van der Waals surface area contributed by atoms with Crippen LogP contribution < -0.4 is 0 Å². The summed E-state index contributed by atoms with van der Waals surface area (Å²) < 4.78 is 0. The minimum absolute atomic E-state index is 0.726. The standard InChI is InChI=1S/C16H14N4/c1-2-6-14(12-16-19-9-4-10-20-16)13(5-1)11-15-17-7-3-8-18-15/h1-10H,11-12H2. The molecule has 4 nitrogen and oxygen atoms in total. The summed E-state index contributed by atoms with van der Waals surface area (Å²) in [7, 11) is 0. The maximum Gasteiger partial charge on any atom is 0.132 e. The van der Waals surface area contributed by atoms with E-state index in [1.165, 1.54) is 11.1 Å². The lowest BCUT2D eigenvalue weighted by atomic mass is 10.0. The lowest BCUT2D eigenvalue weighted by molar-refractivity contribution is 0.923. The maximum atomic E-state index is 4.28. The van der Waals surface area contributed by atoms with Gasteiger partial charge in [-0.3, -0.25) is 0 Å². The van der Waals surface area contributed by atoms with Gasteiger partial charge in [0.15, 0.2) is 0 Å². The summed E-state index contributed by atoms with van der Waals surface area (Å²) in [6.07, 6.45) is 8.53. The van der Waals surface area contributed by atoms with Crippen LogP contribution >= 0.6 is 0 Å². The molecule has 0 unspecified atom stereocenters. The summed E-state index contributed by atoms with van der Waals surface area (Å²) in [5, 5.41) is 0. The second-order valence-electron chi connectivity index (χ2n) is 4.45. The van der Waals surface area contributed by atoms with Gasteiger partial charge in [0.25, 0.3) is 0 Å². The van der Waals surface area contributed by atoms with Crippen molar-refractivity contribution < 1.29 is 0 Å². The fraction of sp³-hybridized carbons (Fsp3) is 0.125. The van der Waals surface area contributed by atoms with Gasteiger partial charge in [-0.1, -0.05) is 24.3 Å². The smallest absolute Gasteiger partial charge is 0.132 e. The number of aromatic nitrogens is 4. The second-order valence-corrected chi connectivity index (χ2v) is 4.45. The van der Waals surface area contributed by atoms with E-state index in [-0.39, 0.29) is 0 Å². The summed E-state index contributed by atoms with van der Waals surface area (Å²) in [6, 6.07) is 11.9. The third kappa shape index (κ3) is 3.03. The molecule has 0 atom stereocenters. The van der Waals surface area contributed by atoms with E-state index in [0.717, 1.165) is 24.5 Å². The fourth-order valence-corrected chi connectivity index (χ4v) is 2.09. The van der Waals surface area contributed by atoms with Gasteiger partial charge in [-0.25, -0.2) is 19.9 Å². The lowest BCUT2D eigenvalue weighted by Crippen LogP contribution is -2.02. The van der Waals surface area contributed by atoms with Crippen LogP contribution in [0, 0.1) is 0 Å². The average molecular weight is 262 g/mol. The molecule has 0 amide bonds. The van der Waals surface area contributed by atoms with Crippen molar-refractivity contribution >= 4 is 0 Å². The summed E-state index contributed by atoms with van der Waals surface area (Å²) >= 11 is 0. The van der Waals surface area contributed by atoms with Gasteiger partial charge in [-0.05, 0) is 23.3 Å². The van der Waals surface area contributed by atoms with Gasteiger partial charge in [0.1, 0.15) is 11.6 Å². The zero-order valence-corrected chi connectivity index (χ0v) is 11.0. The van der Waals surface area contributed by atoms with Crippen molar-refractivity contribution in [1.82, 2.24) is 19.9 Å². The average Bonchev–Trinajstić information content (AvgIpc) is 2.51. The Bertz CT molecular complexity index is 608. The molecule has 1 aromatic carbocycles. The molecule has 2 heterocycles. The molecule has 20 heavy (non-hydrogen) atoms. The first-order valence-electron chi connectivity index (χ1n) is 6.50. The third-order valence-corrected chi connectivity index (χ3v) is 3.05. The molecule has 0 aliphatic carbocycles. The molecule has 2 aromatic heterocycles. The Kier molecular flexibility index (Phi) is 3.73. The molecule has 0 saturated carbocycles. The van der Waals surface area contributed by atoms with Crippen molar-refractivity contribution in [3.63, 3.8) is 0 Å². The molecular weight excluding hydrogens is 248 g/mol. The normalized spacial score (nSPS) is 10.4. The summed E-state index contributed by atoms with van der Waals surface area (Å²) in [5.74, 6) is 1.66. The van der Waals surface area contributed by atoms with Crippen molar-refractivity contribution in [3.8, 4) is 0 Å². The molecule has 0 aliphatic heterocycles. The van der Waals surface area contributed by atoms with Gasteiger partial charge in [-0.2, -0.15) is 0 Å². The SMILES string of the molecule is c1cnc(Cc2ccccc2Cc2ncccn2)nc1. The van der Waals surface area contributed by atoms with Gasteiger partial charge in [-0.15, -0.1) is 0 Å². The van der Waals surface area contributed by atoms with E-state index in [9.17, 15) is 0 Å². The monoisotopic (exact) mass is 262 g/mol. The maximum absolute atomic E-state index is 4.28. The predicted octanol–water partition coefficient (Wildman–Crippen LogP) is 2.45. The van der Waals surface area contributed by atoms with Crippen molar-refractivity contribution in [2.24, 2.45) is 0 Å². The Hall–Kier alpha value is -2.62. The Morgan fingerprint density at radius 3 is 1.35 bits per heavy atom. The number of nitrogens with zero attached hydrogens (tertiary/aromatic N) is 4. The molecule has 3 rings (SSSR count). The Balaban J connectivity index is 1.85. The van der Waals surface area contributed by atoms with Gasteiger partial charge in [0.05, 0.1) is 0 Å². The van der Waals surface area contributed by atoms with Crippen LogP contribution in [0.1, 0.15) is 22.8 Å². The molecule has 0 saturated heterocycles. The van der Waals surface area contributed by atoms with Gasteiger partial charge < -0.3 is 0 Å². The first kappa shape index (κ1) is 12.4. The minimum Gasteiger partial charge on any atom is -0.241 e. The number of rotatable bonds is 4. The third-order valence-electron chi connectivity index (χ3n) is 3.05. The van der Waals surface area contributed by atoms with Crippen molar-refractivity contribution in [2.45, 2.75) is 12.8 Å². The molecule has 4 heteroatoms. The summed E-state index contributed by atoms with van der Waals surface area (Å²) in [4.78, 5) is 17.1. The van der Waals surface area contributed by atoms with E-state index in [0.29, 0.717) is 0 Å². The van der Waals surface area contributed by atoms with Crippen LogP contribution in [-0.2, 0) is 12.8 Å². The first-order valence-corrected chi connectivity index (χ1v) is 6.50. The highest BCUT2D eigenvalue weighted by Gasteiger charge is 2.06. The fourth-order valence-electron chi connectivity index (χ4n) is 2.09.